The number of benzene rings is 1. The number of rotatable bonds is 18. The molecule has 262 valence electrons. The number of ether oxygens (including phenoxy) is 5. The first-order valence-corrected chi connectivity index (χ1v) is 15.7. The third-order valence-electron chi connectivity index (χ3n) is 7.99. The minimum Gasteiger partial charge on any atom is -0.496 e. The number of carboxylic acids is 1. The van der Waals surface area contributed by atoms with Crippen LogP contribution in [0.4, 0.5) is 0 Å². The highest BCUT2D eigenvalue weighted by Crippen LogP contribution is 2.32. The lowest BCUT2D eigenvalue weighted by Crippen LogP contribution is -2.61. The smallest absolute Gasteiger partial charge is 0.335 e. The molecule has 0 aromatic heterocycles. The van der Waals surface area contributed by atoms with E-state index in [1.54, 1.807) is 6.07 Å². The minimum absolute atomic E-state index is 0.00208. The predicted molar refractivity (Wildman–Crippen MR) is 162 cm³/mol. The van der Waals surface area contributed by atoms with E-state index in [1.165, 1.54) is 41.7 Å². The molecule has 3 amide bonds. The monoisotopic (exact) mass is 676 g/mol. The van der Waals surface area contributed by atoms with Crippen LogP contribution in [0.3, 0.4) is 0 Å². The van der Waals surface area contributed by atoms with Crippen LogP contribution in [0.5, 0.6) is 11.5 Å². The normalized spacial score (nSPS) is 24.0. The van der Waals surface area contributed by atoms with E-state index < -0.39 is 36.7 Å². The van der Waals surface area contributed by atoms with Crippen LogP contribution in [-0.4, -0.2) is 105 Å². The van der Waals surface area contributed by atoms with Gasteiger partial charge in [-0.25, -0.2) is 4.79 Å². The summed E-state index contributed by atoms with van der Waals surface area (Å²) in [5.41, 5.74) is 0.336. The molecule has 1 saturated carbocycles. The Bertz CT molecular complexity index is 1360. The molecule has 1 aromatic rings. The zero-order valence-electron chi connectivity index (χ0n) is 26.1. The van der Waals surface area contributed by atoms with Crippen molar-refractivity contribution in [2.45, 2.75) is 82.3 Å². The van der Waals surface area contributed by atoms with Crippen molar-refractivity contribution in [2.24, 2.45) is 5.92 Å². The van der Waals surface area contributed by atoms with Crippen molar-refractivity contribution >= 4 is 29.7 Å². The van der Waals surface area contributed by atoms with E-state index in [1.807, 2.05) is 0 Å². The molecule has 4 rings (SSSR count). The molecule has 0 unspecified atom stereocenters. The third kappa shape index (κ3) is 10.00. The Morgan fingerprint density at radius 2 is 1.73 bits per heavy atom. The number of carbonyl (C=O) groups is 5. The van der Waals surface area contributed by atoms with Gasteiger partial charge < -0.3 is 49.4 Å². The van der Waals surface area contributed by atoms with Gasteiger partial charge >= 0.3 is 11.9 Å². The van der Waals surface area contributed by atoms with Crippen LogP contribution >= 0.6 is 0 Å². The lowest BCUT2D eigenvalue weighted by atomic mass is 9.86. The molecule has 5 N–H and O–H groups in total. The van der Waals surface area contributed by atoms with Crippen molar-refractivity contribution in [1.29, 1.82) is 0 Å². The summed E-state index contributed by atoms with van der Waals surface area (Å²) in [5.74, 6) is -2.71. The molecule has 0 radical (unpaired) electrons. The second kappa shape index (κ2) is 17.6. The Balaban J connectivity index is 1.22. The number of unbranched alkanes of at least 4 members (excludes halogenated alkanes) is 2. The lowest BCUT2D eigenvalue weighted by Gasteiger charge is -2.38. The molecule has 2 heterocycles. The number of esters is 1. The summed E-state index contributed by atoms with van der Waals surface area (Å²) in [5, 5.41) is 42.6. The van der Waals surface area contributed by atoms with E-state index >= 15 is 0 Å². The van der Waals surface area contributed by atoms with Gasteiger partial charge in [-0.2, -0.15) is 0 Å². The topological polar surface area (TPSA) is 228 Å². The fraction of sp³-hybridized carbons (Fsp3) is 0.531. The summed E-state index contributed by atoms with van der Waals surface area (Å²) >= 11 is 0. The van der Waals surface area contributed by atoms with Crippen molar-refractivity contribution in [3.63, 3.8) is 0 Å². The maximum Gasteiger partial charge on any atom is 0.335 e. The molecule has 48 heavy (non-hydrogen) atoms. The number of hydrogen-bond acceptors (Lipinski definition) is 13. The molecule has 1 saturated heterocycles. The summed E-state index contributed by atoms with van der Waals surface area (Å²) in [6.07, 6.45) is 0.394. The number of hydrogen-bond donors (Lipinski definition) is 5. The standard InChI is InChI=1S/C32H40N2O14/c35-23(7-2-1-3-13-34-24(36)10-11-25(34)37)33-12-14-44-15-16-45-21-9-8-20(18-46-31(43)19-5-4-6-19)22(17-21)47-32-28(40)26(38)27(39)29(48-32)30(41)42/h8-11,15-17,19,26-29,32,38-40H,1-7,12-14,18H2,(H,33,35)(H,41,42)/b16-15+/t26-,27-,28+,29-,32+/m0/s1. The molecule has 0 bridgehead atoms. The SMILES string of the molecule is O=C(CCCCCN1C(=O)C=CC1=O)NCCO/C=C/Oc1ccc(COC(=O)C2CCC2)c(O[C@@H]2O[C@H](C(=O)O)[C@@H](O)[C@H](O)[C@H]2O)c1. The summed E-state index contributed by atoms with van der Waals surface area (Å²) in [6.45, 7) is 0.500. The molecule has 3 aliphatic rings. The van der Waals surface area contributed by atoms with Crippen molar-refractivity contribution in [3.8, 4) is 11.5 Å². The average Bonchev–Trinajstić information content (AvgIpc) is 3.35. The lowest BCUT2D eigenvalue weighted by molar-refractivity contribution is -0.271. The second-order valence-corrected chi connectivity index (χ2v) is 11.4. The highest BCUT2D eigenvalue weighted by molar-refractivity contribution is 6.12. The summed E-state index contributed by atoms with van der Waals surface area (Å²) in [4.78, 5) is 60.0. The van der Waals surface area contributed by atoms with Gasteiger partial charge in [-0.15, -0.1) is 0 Å². The number of nitrogens with one attached hydrogen (secondary N) is 1. The van der Waals surface area contributed by atoms with Crippen LogP contribution in [0, 0.1) is 5.92 Å². The van der Waals surface area contributed by atoms with Gasteiger partial charge in [0.15, 0.2) is 6.10 Å². The Labute approximate surface area is 275 Å². The van der Waals surface area contributed by atoms with Gasteiger partial charge in [0.25, 0.3) is 11.8 Å². The summed E-state index contributed by atoms with van der Waals surface area (Å²) in [6, 6.07) is 4.44. The molecule has 2 fully saturated rings. The summed E-state index contributed by atoms with van der Waals surface area (Å²) in [7, 11) is 0. The van der Waals surface area contributed by atoms with Crippen LogP contribution in [-0.2, 0) is 44.8 Å². The number of nitrogens with zero attached hydrogens (tertiary/aromatic N) is 1. The predicted octanol–water partition coefficient (Wildman–Crippen LogP) is 0.269. The minimum atomic E-state index is -1.90. The van der Waals surface area contributed by atoms with Gasteiger partial charge in [0.05, 0.1) is 12.5 Å². The van der Waals surface area contributed by atoms with Crippen LogP contribution < -0.4 is 14.8 Å². The highest BCUT2D eigenvalue weighted by Gasteiger charge is 2.48. The number of carbonyl (C=O) groups excluding carboxylic acids is 4. The molecule has 16 heteroatoms. The second-order valence-electron chi connectivity index (χ2n) is 11.4. The Hall–Kier alpha value is -4.51. The van der Waals surface area contributed by atoms with Gasteiger partial charge in [0.2, 0.25) is 12.2 Å². The Kier molecular flexibility index (Phi) is 13.3. The van der Waals surface area contributed by atoms with Crippen molar-refractivity contribution in [3.05, 3.63) is 48.4 Å². The maximum atomic E-state index is 12.3. The zero-order valence-corrected chi connectivity index (χ0v) is 26.1. The van der Waals surface area contributed by atoms with Gasteiger partial charge in [0.1, 0.15) is 55.5 Å². The molecular formula is C32H40N2O14. The number of amides is 3. The first kappa shape index (κ1) is 36.3. The molecule has 0 spiro atoms. The van der Waals surface area contributed by atoms with E-state index in [-0.39, 0.29) is 60.9 Å². The van der Waals surface area contributed by atoms with Crippen LogP contribution in [0.25, 0.3) is 0 Å². The molecular weight excluding hydrogens is 636 g/mol. The van der Waals surface area contributed by atoms with E-state index in [2.05, 4.69) is 5.32 Å². The van der Waals surface area contributed by atoms with E-state index in [0.29, 0.717) is 37.8 Å². The number of aliphatic hydroxyl groups is 3. The van der Waals surface area contributed by atoms with Crippen LogP contribution in [0.1, 0.15) is 50.5 Å². The first-order valence-electron chi connectivity index (χ1n) is 15.7. The molecule has 16 nitrogen and oxygen atoms in total. The fourth-order valence-electron chi connectivity index (χ4n) is 4.96. The average molecular weight is 677 g/mol. The van der Waals surface area contributed by atoms with Crippen LogP contribution in [0.15, 0.2) is 42.9 Å². The Morgan fingerprint density at radius 1 is 0.979 bits per heavy atom. The molecule has 1 aliphatic carbocycles. The van der Waals surface area contributed by atoms with Gasteiger partial charge in [-0.05, 0) is 37.8 Å². The first-order chi connectivity index (χ1) is 23.0. The molecule has 5 atom stereocenters. The fourth-order valence-corrected chi connectivity index (χ4v) is 4.96. The van der Waals surface area contributed by atoms with E-state index in [4.69, 9.17) is 23.7 Å². The zero-order chi connectivity index (χ0) is 34.6. The number of aliphatic hydroxyl groups excluding tert-OH is 3. The van der Waals surface area contributed by atoms with Gasteiger partial charge in [-0.3, -0.25) is 24.1 Å². The van der Waals surface area contributed by atoms with Crippen molar-refractivity contribution < 1.29 is 68.1 Å². The largest absolute Gasteiger partial charge is 0.496 e. The van der Waals surface area contributed by atoms with Gasteiger partial charge in [0, 0.05) is 36.7 Å². The number of aliphatic carboxylic acids is 1. The molecule has 1 aromatic carbocycles. The van der Waals surface area contributed by atoms with Crippen molar-refractivity contribution in [1.82, 2.24) is 10.2 Å². The van der Waals surface area contributed by atoms with Gasteiger partial charge in [-0.1, -0.05) is 12.8 Å². The maximum absolute atomic E-state index is 12.3. The highest BCUT2D eigenvalue weighted by atomic mass is 16.7. The number of carboxylic acid groups (broad SMARTS) is 1. The molecule has 2 aliphatic heterocycles. The third-order valence-corrected chi connectivity index (χ3v) is 7.99. The van der Waals surface area contributed by atoms with E-state index in [0.717, 1.165) is 19.3 Å². The quantitative estimate of drug-likeness (QED) is 0.0609. The summed E-state index contributed by atoms with van der Waals surface area (Å²) < 4.78 is 27.2. The van der Waals surface area contributed by atoms with Crippen LogP contribution in [0.2, 0.25) is 0 Å². The Morgan fingerprint density at radius 3 is 2.42 bits per heavy atom. The van der Waals surface area contributed by atoms with Crippen molar-refractivity contribution in [2.75, 3.05) is 19.7 Å². The van der Waals surface area contributed by atoms with E-state index in [9.17, 15) is 44.4 Å². The number of imide groups is 1.